The van der Waals surface area contributed by atoms with Gasteiger partial charge in [-0.25, -0.2) is 0 Å². The SMILES string of the molecule is O=C(O)CN(CCN(CC(=O)O)CC(=O)O)CC(=O)O.O=C([O-])[O-].[K+].[K+]. The zero-order valence-electron chi connectivity index (χ0n) is 14.3. The van der Waals surface area contributed by atoms with Gasteiger partial charge in [-0.3, -0.25) is 29.0 Å². The molecular weight excluding hydrogens is 414 g/mol. The summed E-state index contributed by atoms with van der Waals surface area (Å²) in [5.41, 5.74) is 0. The van der Waals surface area contributed by atoms with Gasteiger partial charge in [0, 0.05) is 13.1 Å². The fraction of sp³-hybridized carbons (Fsp3) is 0.545. The van der Waals surface area contributed by atoms with Crippen molar-refractivity contribution in [3.63, 3.8) is 0 Å². The van der Waals surface area contributed by atoms with Gasteiger partial charge in [0.1, 0.15) is 0 Å². The summed E-state index contributed by atoms with van der Waals surface area (Å²) in [6.07, 6.45) is -2.33. The first-order chi connectivity index (χ1) is 10.9. The first-order valence-electron chi connectivity index (χ1n) is 6.13. The van der Waals surface area contributed by atoms with Gasteiger partial charge in [0.2, 0.25) is 0 Å². The van der Waals surface area contributed by atoms with E-state index in [2.05, 4.69) is 0 Å². The Morgan fingerprint density at radius 3 is 0.846 bits per heavy atom. The van der Waals surface area contributed by atoms with Gasteiger partial charge in [0.25, 0.3) is 0 Å². The van der Waals surface area contributed by atoms with E-state index in [0.29, 0.717) is 0 Å². The van der Waals surface area contributed by atoms with Crippen molar-refractivity contribution in [2.45, 2.75) is 0 Å². The predicted molar refractivity (Wildman–Crippen MR) is 68.8 cm³/mol. The van der Waals surface area contributed by atoms with Crippen LogP contribution in [0.2, 0.25) is 0 Å². The van der Waals surface area contributed by atoms with Crippen LogP contribution in [0.1, 0.15) is 0 Å². The summed E-state index contributed by atoms with van der Waals surface area (Å²) in [6, 6.07) is 0. The van der Waals surface area contributed by atoms with Crippen LogP contribution in [0.3, 0.4) is 0 Å². The molecule has 0 radical (unpaired) electrons. The molecule has 0 bridgehead atoms. The number of hydrogen-bond acceptors (Lipinski definition) is 9. The molecule has 0 aliphatic rings. The van der Waals surface area contributed by atoms with Crippen molar-refractivity contribution in [2.24, 2.45) is 0 Å². The molecule has 0 aliphatic heterocycles. The Morgan fingerprint density at radius 1 is 0.577 bits per heavy atom. The minimum Gasteiger partial charge on any atom is -0.652 e. The minimum atomic E-state index is -2.33. The second-order valence-corrected chi connectivity index (χ2v) is 4.25. The molecule has 0 aromatic heterocycles. The van der Waals surface area contributed by atoms with Gasteiger partial charge >= 0.3 is 127 Å². The van der Waals surface area contributed by atoms with Crippen LogP contribution in [-0.2, 0) is 19.2 Å². The number of carbonyl (C=O) groups is 5. The number of nitrogens with zero attached hydrogens (tertiary/aromatic N) is 2. The largest absolute Gasteiger partial charge is 1.00 e. The second kappa shape index (κ2) is 20.1. The summed E-state index contributed by atoms with van der Waals surface area (Å²) in [6.45, 7) is -2.25. The topological polar surface area (TPSA) is 219 Å². The molecule has 0 unspecified atom stereocenters. The smallest absolute Gasteiger partial charge is 0.652 e. The number of aliphatic carboxylic acids is 4. The summed E-state index contributed by atoms with van der Waals surface area (Å²) in [4.78, 5) is 52.7. The van der Waals surface area contributed by atoms with E-state index in [0.717, 1.165) is 9.80 Å². The van der Waals surface area contributed by atoms with Crippen LogP contribution in [0.15, 0.2) is 0 Å². The molecule has 0 fully saturated rings. The zero-order chi connectivity index (χ0) is 19.3. The van der Waals surface area contributed by atoms with Crippen LogP contribution in [-0.4, -0.2) is 99.5 Å². The average Bonchev–Trinajstić information content (AvgIpc) is 2.32. The monoisotopic (exact) mass is 430 g/mol. The molecule has 26 heavy (non-hydrogen) atoms. The maximum absolute atomic E-state index is 10.6. The Bertz CT molecular complexity index is 403. The minimum absolute atomic E-state index is 0. The molecule has 15 heteroatoms. The maximum atomic E-state index is 10.6. The van der Waals surface area contributed by atoms with Gasteiger partial charge in [-0.15, -0.1) is 0 Å². The summed E-state index contributed by atoms with van der Waals surface area (Å²) >= 11 is 0. The average molecular weight is 430 g/mol. The molecule has 138 valence electrons. The number of hydrogen-bond donors (Lipinski definition) is 4. The second-order valence-electron chi connectivity index (χ2n) is 4.25. The van der Waals surface area contributed by atoms with Gasteiger partial charge in [-0.1, -0.05) is 0 Å². The predicted octanol–water partition coefficient (Wildman–Crippen LogP) is -10.5. The van der Waals surface area contributed by atoms with Crippen LogP contribution in [0.4, 0.5) is 4.79 Å². The first kappa shape index (κ1) is 33.9. The normalized spacial score (nSPS) is 9.15. The van der Waals surface area contributed by atoms with E-state index < -0.39 is 56.2 Å². The van der Waals surface area contributed by atoms with E-state index in [-0.39, 0.29) is 116 Å². The van der Waals surface area contributed by atoms with Gasteiger partial charge in [-0.2, -0.15) is 0 Å². The Hall–Kier alpha value is 0.343. The fourth-order valence-corrected chi connectivity index (χ4v) is 1.48. The Kier molecular flexibility index (Phi) is 26.2. The molecule has 0 aliphatic carbocycles. The number of rotatable bonds is 11. The summed E-state index contributed by atoms with van der Waals surface area (Å²) in [5, 5.41) is 51.1. The van der Waals surface area contributed by atoms with E-state index in [9.17, 15) is 19.2 Å². The Labute approximate surface area is 232 Å². The summed E-state index contributed by atoms with van der Waals surface area (Å²) in [7, 11) is 0. The molecule has 0 saturated carbocycles. The van der Waals surface area contributed by atoms with Crippen LogP contribution in [0, 0.1) is 0 Å². The fourth-order valence-electron chi connectivity index (χ4n) is 1.48. The summed E-state index contributed by atoms with van der Waals surface area (Å²) in [5.74, 6) is -4.91. The quantitative estimate of drug-likeness (QED) is 0.224. The van der Waals surface area contributed by atoms with Crippen LogP contribution in [0.5, 0.6) is 0 Å². The van der Waals surface area contributed by atoms with Crippen molar-refractivity contribution in [1.29, 1.82) is 0 Å². The van der Waals surface area contributed by atoms with Gasteiger partial charge in [0.15, 0.2) is 0 Å². The van der Waals surface area contributed by atoms with E-state index in [1.807, 2.05) is 0 Å². The number of carboxylic acids is 4. The molecule has 0 aromatic carbocycles. The van der Waals surface area contributed by atoms with Gasteiger partial charge in [0.05, 0.1) is 26.2 Å². The number of carbonyl (C=O) groups excluding carboxylic acids is 1. The number of carboxylic acid groups (broad SMARTS) is 6. The molecule has 0 rings (SSSR count). The third kappa shape index (κ3) is 29.1. The molecular formula is C11H16K2N2O11. The molecule has 0 amide bonds. The summed E-state index contributed by atoms with van der Waals surface area (Å²) < 4.78 is 0. The van der Waals surface area contributed by atoms with Gasteiger partial charge in [-0.05, 0) is 6.16 Å². The zero-order valence-corrected chi connectivity index (χ0v) is 20.5. The van der Waals surface area contributed by atoms with E-state index in [1.165, 1.54) is 0 Å². The van der Waals surface area contributed by atoms with Gasteiger partial charge < -0.3 is 35.4 Å². The molecule has 0 saturated heterocycles. The third-order valence-electron chi connectivity index (χ3n) is 2.17. The van der Waals surface area contributed by atoms with Crippen molar-refractivity contribution < 1.29 is 157 Å². The maximum Gasteiger partial charge on any atom is 1.00 e. The molecule has 4 N–H and O–H groups in total. The molecule has 0 heterocycles. The Balaban J connectivity index is -0.000000363. The molecule has 13 nitrogen and oxygen atoms in total. The third-order valence-corrected chi connectivity index (χ3v) is 2.17. The van der Waals surface area contributed by atoms with E-state index >= 15 is 0 Å². The van der Waals surface area contributed by atoms with Crippen LogP contribution < -0.4 is 113 Å². The van der Waals surface area contributed by atoms with Crippen molar-refractivity contribution in [1.82, 2.24) is 9.80 Å². The van der Waals surface area contributed by atoms with E-state index in [4.69, 9.17) is 35.4 Å². The molecule has 0 aromatic rings. The van der Waals surface area contributed by atoms with Crippen molar-refractivity contribution in [3.05, 3.63) is 0 Å². The first-order valence-corrected chi connectivity index (χ1v) is 6.13. The van der Waals surface area contributed by atoms with Crippen molar-refractivity contribution in [2.75, 3.05) is 39.3 Å². The standard InChI is InChI=1S/C10H16N2O8.CH2O3.2K/c13-7(14)3-11(4-8(15)16)1-2-12(5-9(17)18)6-10(19)20;2-1(3)4;;/h1-6H2,(H,13,14)(H,15,16)(H,17,18)(H,19,20);(H2,2,3,4);;/q;;2*+1/p-2. The molecule has 0 atom stereocenters. The Morgan fingerprint density at radius 2 is 0.731 bits per heavy atom. The van der Waals surface area contributed by atoms with Crippen LogP contribution in [0.25, 0.3) is 0 Å². The molecule has 0 spiro atoms. The van der Waals surface area contributed by atoms with Crippen LogP contribution >= 0.6 is 0 Å². The van der Waals surface area contributed by atoms with E-state index in [1.54, 1.807) is 0 Å². The van der Waals surface area contributed by atoms with Crippen molar-refractivity contribution >= 4 is 30.0 Å². The van der Waals surface area contributed by atoms with Crippen molar-refractivity contribution in [3.8, 4) is 0 Å².